The van der Waals surface area contributed by atoms with Gasteiger partial charge in [0.15, 0.2) is 0 Å². The first-order chi connectivity index (χ1) is 7.12. The SMILES string of the molecule is CCC(C)(C)C(C=O)NC(=O)OC(C)(C)C. The molecule has 0 bridgehead atoms. The lowest BCUT2D eigenvalue weighted by molar-refractivity contribution is -0.112. The maximum absolute atomic E-state index is 11.5. The Morgan fingerprint density at radius 3 is 2.12 bits per heavy atom. The van der Waals surface area contributed by atoms with Crippen molar-refractivity contribution >= 4 is 12.4 Å². The third-order valence-electron chi connectivity index (χ3n) is 2.56. The zero-order valence-corrected chi connectivity index (χ0v) is 11.1. The molecule has 0 radical (unpaired) electrons. The number of ether oxygens (including phenoxy) is 1. The van der Waals surface area contributed by atoms with E-state index in [9.17, 15) is 9.59 Å². The Labute approximate surface area is 97.7 Å². The third kappa shape index (κ3) is 5.14. The summed E-state index contributed by atoms with van der Waals surface area (Å²) in [7, 11) is 0. The second-order valence-corrected chi connectivity index (χ2v) is 5.60. The molecule has 0 heterocycles. The molecule has 0 aromatic carbocycles. The number of amides is 1. The van der Waals surface area contributed by atoms with Crippen molar-refractivity contribution in [2.45, 2.75) is 59.6 Å². The highest BCUT2D eigenvalue weighted by Crippen LogP contribution is 2.23. The molecule has 4 heteroatoms. The number of carbonyl (C=O) groups is 2. The van der Waals surface area contributed by atoms with E-state index < -0.39 is 17.7 Å². The van der Waals surface area contributed by atoms with Crippen LogP contribution in [0.2, 0.25) is 0 Å². The summed E-state index contributed by atoms with van der Waals surface area (Å²) in [5.41, 5.74) is -0.813. The van der Waals surface area contributed by atoms with E-state index in [1.54, 1.807) is 20.8 Å². The van der Waals surface area contributed by atoms with Gasteiger partial charge < -0.3 is 14.8 Å². The molecule has 0 aliphatic heterocycles. The lowest BCUT2D eigenvalue weighted by Crippen LogP contribution is -2.47. The molecule has 0 fully saturated rings. The summed E-state index contributed by atoms with van der Waals surface area (Å²) >= 11 is 0. The van der Waals surface area contributed by atoms with Gasteiger partial charge in [-0.05, 0) is 32.6 Å². The maximum Gasteiger partial charge on any atom is 0.408 e. The van der Waals surface area contributed by atoms with Gasteiger partial charge in [-0.3, -0.25) is 0 Å². The summed E-state index contributed by atoms with van der Waals surface area (Å²) in [5.74, 6) is 0. The van der Waals surface area contributed by atoms with Gasteiger partial charge in [-0.25, -0.2) is 4.79 Å². The van der Waals surface area contributed by atoms with Crippen molar-refractivity contribution in [2.24, 2.45) is 5.41 Å². The van der Waals surface area contributed by atoms with Gasteiger partial charge in [0.25, 0.3) is 0 Å². The minimum absolute atomic E-state index is 0.265. The first kappa shape index (κ1) is 14.9. The van der Waals surface area contributed by atoms with E-state index in [-0.39, 0.29) is 5.41 Å². The van der Waals surface area contributed by atoms with E-state index >= 15 is 0 Å². The van der Waals surface area contributed by atoms with Crippen LogP contribution in [-0.4, -0.2) is 24.0 Å². The van der Waals surface area contributed by atoms with Gasteiger partial charge in [0.1, 0.15) is 11.9 Å². The van der Waals surface area contributed by atoms with Crippen LogP contribution in [0.4, 0.5) is 4.79 Å². The Hall–Kier alpha value is -1.06. The predicted molar refractivity (Wildman–Crippen MR) is 63.3 cm³/mol. The Balaban J connectivity index is 4.46. The van der Waals surface area contributed by atoms with Gasteiger partial charge in [0, 0.05) is 0 Å². The van der Waals surface area contributed by atoms with Crippen molar-refractivity contribution in [3.05, 3.63) is 0 Å². The van der Waals surface area contributed by atoms with E-state index in [0.29, 0.717) is 0 Å². The molecule has 0 spiro atoms. The summed E-state index contributed by atoms with van der Waals surface area (Å²) in [4.78, 5) is 22.4. The first-order valence-electron chi connectivity index (χ1n) is 5.57. The molecule has 0 aromatic heterocycles. The second-order valence-electron chi connectivity index (χ2n) is 5.60. The largest absolute Gasteiger partial charge is 0.444 e. The molecular weight excluding hydrogens is 206 g/mol. The van der Waals surface area contributed by atoms with Gasteiger partial charge >= 0.3 is 6.09 Å². The highest BCUT2D eigenvalue weighted by Gasteiger charge is 2.30. The predicted octanol–water partition coefficient (Wildman–Crippen LogP) is 2.51. The zero-order valence-electron chi connectivity index (χ0n) is 11.1. The quantitative estimate of drug-likeness (QED) is 0.754. The molecule has 1 atom stereocenters. The third-order valence-corrected chi connectivity index (χ3v) is 2.56. The number of hydrogen-bond acceptors (Lipinski definition) is 3. The average Bonchev–Trinajstić information content (AvgIpc) is 2.11. The second kappa shape index (κ2) is 5.32. The van der Waals surface area contributed by atoms with Gasteiger partial charge in [-0.1, -0.05) is 20.8 Å². The lowest BCUT2D eigenvalue weighted by atomic mass is 9.83. The van der Waals surface area contributed by atoms with E-state index in [1.165, 1.54) is 0 Å². The topological polar surface area (TPSA) is 55.4 Å². The standard InChI is InChI=1S/C12H23NO3/c1-7-12(5,6)9(8-14)13-10(15)16-11(2,3)4/h8-9H,7H2,1-6H3,(H,13,15). The average molecular weight is 229 g/mol. The maximum atomic E-state index is 11.5. The number of carbonyl (C=O) groups excluding carboxylic acids is 2. The molecular formula is C12H23NO3. The molecule has 0 saturated heterocycles. The van der Waals surface area contributed by atoms with E-state index in [2.05, 4.69) is 5.32 Å². The molecule has 0 aliphatic rings. The molecule has 1 N–H and O–H groups in total. The Kier molecular flexibility index (Phi) is 4.97. The van der Waals surface area contributed by atoms with Crippen molar-refractivity contribution in [1.29, 1.82) is 0 Å². The molecule has 0 saturated carbocycles. The summed E-state index contributed by atoms with van der Waals surface area (Å²) < 4.78 is 5.10. The van der Waals surface area contributed by atoms with Crippen molar-refractivity contribution in [3.8, 4) is 0 Å². The van der Waals surface area contributed by atoms with E-state index in [0.717, 1.165) is 12.7 Å². The minimum Gasteiger partial charge on any atom is -0.444 e. The van der Waals surface area contributed by atoms with Gasteiger partial charge in [-0.15, -0.1) is 0 Å². The number of nitrogens with one attached hydrogen (secondary N) is 1. The number of aldehydes is 1. The smallest absolute Gasteiger partial charge is 0.408 e. The molecule has 94 valence electrons. The Morgan fingerprint density at radius 2 is 1.81 bits per heavy atom. The van der Waals surface area contributed by atoms with Crippen LogP contribution in [0.5, 0.6) is 0 Å². The summed E-state index contributed by atoms with van der Waals surface area (Å²) in [6.07, 6.45) is 1.01. The van der Waals surface area contributed by atoms with Crippen molar-refractivity contribution < 1.29 is 14.3 Å². The molecule has 1 unspecified atom stereocenters. The highest BCUT2D eigenvalue weighted by molar-refractivity contribution is 5.74. The van der Waals surface area contributed by atoms with Crippen LogP contribution in [0.3, 0.4) is 0 Å². The molecule has 0 aromatic rings. The molecule has 16 heavy (non-hydrogen) atoms. The van der Waals surface area contributed by atoms with Crippen LogP contribution < -0.4 is 5.32 Å². The number of hydrogen-bond donors (Lipinski definition) is 1. The monoisotopic (exact) mass is 229 g/mol. The number of rotatable bonds is 4. The van der Waals surface area contributed by atoms with Crippen LogP contribution in [0.25, 0.3) is 0 Å². The Bertz CT molecular complexity index is 253. The molecule has 1 amide bonds. The van der Waals surface area contributed by atoms with Crippen molar-refractivity contribution in [1.82, 2.24) is 5.32 Å². The molecule has 0 aliphatic carbocycles. The van der Waals surface area contributed by atoms with E-state index in [1.807, 2.05) is 20.8 Å². The summed E-state index contributed by atoms with van der Waals surface area (Å²) in [5, 5.41) is 2.59. The fourth-order valence-electron chi connectivity index (χ4n) is 1.07. The molecule has 4 nitrogen and oxygen atoms in total. The van der Waals surface area contributed by atoms with Gasteiger partial charge in [-0.2, -0.15) is 0 Å². The van der Waals surface area contributed by atoms with E-state index in [4.69, 9.17) is 4.74 Å². The first-order valence-corrected chi connectivity index (χ1v) is 5.57. The zero-order chi connectivity index (χ0) is 13.0. The van der Waals surface area contributed by atoms with Crippen molar-refractivity contribution in [3.63, 3.8) is 0 Å². The van der Waals surface area contributed by atoms with Crippen LogP contribution >= 0.6 is 0 Å². The van der Waals surface area contributed by atoms with Crippen molar-refractivity contribution in [2.75, 3.05) is 0 Å². The fourth-order valence-corrected chi connectivity index (χ4v) is 1.07. The fraction of sp³-hybridized carbons (Fsp3) is 0.833. The minimum atomic E-state index is -0.550. The van der Waals surface area contributed by atoms with Gasteiger partial charge in [0.05, 0.1) is 6.04 Å². The summed E-state index contributed by atoms with van der Waals surface area (Å²) in [6, 6.07) is -0.521. The molecule has 0 rings (SSSR count). The van der Waals surface area contributed by atoms with Gasteiger partial charge in [0.2, 0.25) is 0 Å². The normalized spacial score (nSPS) is 14.1. The van der Waals surface area contributed by atoms with Crippen LogP contribution in [0.1, 0.15) is 48.0 Å². The van der Waals surface area contributed by atoms with Crippen LogP contribution in [-0.2, 0) is 9.53 Å². The Morgan fingerprint density at radius 1 is 1.31 bits per heavy atom. The number of alkyl carbamates (subject to hydrolysis) is 1. The van der Waals surface area contributed by atoms with Crippen LogP contribution in [0, 0.1) is 5.41 Å². The van der Waals surface area contributed by atoms with Crippen LogP contribution in [0.15, 0.2) is 0 Å². The summed E-state index contributed by atoms with van der Waals surface area (Å²) in [6.45, 7) is 11.2. The lowest BCUT2D eigenvalue weighted by Gasteiger charge is -2.30. The highest BCUT2D eigenvalue weighted by atomic mass is 16.6.